The van der Waals surface area contributed by atoms with Crippen LogP contribution in [0, 0.1) is 5.82 Å². The number of nitrogens with two attached hydrogens (primary N) is 1. The summed E-state index contributed by atoms with van der Waals surface area (Å²) in [6.07, 6.45) is 3.37. The second-order valence-corrected chi connectivity index (χ2v) is 9.06. The van der Waals surface area contributed by atoms with Crippen molar-refractivity contribution in [1.82, 2.24) is 4.31 Å². The van der Waals surface area contributed by atoms with Crippen LogP contribution in [0.3, 0.4) is 0 Å². The van der Waals surface area contributed by atoms with Crippen molar-refractivity contribution in [2.24, 2.45) is 5.73 Å². The molecule has 7 nitrogen and oxygen atoms in total. The lowest BCUT2D eigenvalue weighted by molar-refractivity contribution is -0.114. The van der Waals surface area contributed by atoms with Crippen LogP contribution in [0.15, 0.2) is 23.1 Å². The second kappa shape index (κ2) is 8.22. The Morgan fingerprint density at radius 3 is 2.78 bits per heavy atom. The summed E-state index contributed by atoms with van der Waals surface area (Å²) in [6.45, 7) is 2.14. The van der Waals surface area contributed by atoms with Crippen LogP contribution in [0.2, 0.25) is 0 Å². The molecule has 2 fully saturated rings. The summed E-state index contributed by atoms with van der Waals surface area (Å²) in [6, 6.07) is 3.27. The van der Waals surface area contributed by atoms with E-state index in [1.54, 1.807) is 0 Å². The third kappa shape index (κ3) is 4.48. The molecule has 2 aliphatic heterocycles. The Kier molecular flexibility index (Phi) is 6.15. The molecule has 0 bridgehead atoms. The lowest BCUT2D eigenvalue weighted by Crippen LogP contribution is -2.53. The molecule has 9 heteroatoms. The highest BCUT2D eigenvalue weighted by atomic mass is 32.2. The van der Waals surface area contributed by atoms with Gasteiger partial charge in [0.1, 0.15) is 10.7 Å². The summed E-state index contributed by atoms with van der Waals surface area (Å²) in [5, 5.41) is 2.45. The van der Waals surface area contributed by atoms with Gasteiger partial charge in [0.2, 0.25) is 15.9 Å². The molecule has 1 aromatic carbocycles. The molecule has 0 aliphatic carbocycles. The number of piperidine rings is 1. The molecule has 3 rings (SSSR count). The molecular weight excluding hydrogens is 373 g/mol. The number of halogens is 1. The third-order valence-electron chi connectivity index (χ3n) is 5.12. The summed E-state index contributed by atoms with van der Waals surface area (Å²) >= 11 is 0. The van der Waals surface area contributed by atoms with Crippen molar-refractivity contribution in [3.05, 3.63) is 24.0 Å². The van der Waals surface area contributed by atoms with Gasteiger partial charge in [-0.05, 0) is 43.9 Å². The first-order valence-electron chi connectivity index (χ1n) is 9.25. The fraction of sp³-hybridized carbons (Fsp3) is 0.611. The number of carbonyl (C=O) groups excluding carboxylic acids is 1. The summed E-state index contributed by atoms with van der Waals surface area (Å²) in [4.78, 5) is 10.7. The summed E-state index contributed by atoms with van der Waals surface area (Å²) in [5.74, 6) is -1.24. The van der Waals surface area contributed by atoms with Gasteiger partial charge in [0, 0.05) is 31.8 Å². The van der Waals surface area contributed by atoms with Gasteiger partial charge in [-0.2, -0.15) is 4.31 Å². The Morgan fingerprint density at radius 2 is 2.11 bits per heavy atom. The van der Waals surface area contributed by atoms with Gasteiger partial charge in [-0.25, -0.2) is 12.8 Å². The molecule has 1 aromatic rings. The van der Waals surface area contributed by atoms with Crippen molar-refractivity contribution in [3.63, 3.8) is 0 Å². The maximum Gasteiger partial charge on any atom is 0.246 e. The number of carbonyl (C=O) groups is 1. The Labute approximate surface area is 159 Å². The molecule has 0 spiro atoms. The first kappa shape index (κ1) is 20.2. The highest BCUT2D eigenvalue weighted by Crippen LogP contribution is 2.32. The maximum absolute atomic E-state index is 14.6. The van der Waals surface area contributed by atoms with Gasteiger partial charge in [-0.15, -0.1) is 0 Å². The molecule has 1 amide bonds. The van der Waals surface area contributed by atoms with Gasteiger partial charge < -0.3 is 15.8 Å². The molecule has 27 heavy (non-hydrogen) atoms. The molecule has 3 N–H and O–H groups in total. The Hall–Kier alpha value is -1.55. The Balaban J connectivity index is 1.88. The number of anilines is 1. The van der Waals surface area contributed by atoms with E-state index in [0.29, 0.717) is 26.0 Å². The number of nitrogens with zero attached hydrogens (tertiary/aromatic N) is 1. The Bertz CT molecular complexity index is 802. The largest absolute Gasteiger partial charge is 0.376 e. The zero-order valence-corrected chi connectivity index (χ0v) is 16.2. The average molecular weight is 399 g/mol. The minimum absolute atomic E-state index is 0.0103. The molecule has 2 saturated heterocycles. The van der Waals surface area contributed by atoms with Gasteiger partial charge in [0.15, 0.2) is 0 Å². The van der Waals surface area contributed by atoms with Crippen LogP contribution in [0.1, 0.15) is 39.0 Å². The number of hydrogen-bond acceptors (Lipinski definition) is 5. The lowest BCUT2D eigenvalue weighted by atomic mass is 9.93. The van der Waals surface area contributed by atoms with Crippen molar-refractivity contribution in [2.75, 3.05) is 18.5 Å². The molecule has 3 atom stereocenters. The molecule has 0 saturated carbocycles. The van der Waals surface area contributed by atoms with Crippen molar-refractivity contribution < 1.29 is 22.3 Å². The Morgan fingerprint density at radius 1 is 1.33 bits per heavy atom. The highest BCUT2D eigenvalue weighted by Gasteiger charge is 2.40. The highest BCUT2D eigenvalue weighted by molar-refractivity contribution is 7.89. The number of rotatable bonds is 4. The van der Waals surface area contributed by atoms with E-state index >= 15 is 0 Å². The molecular formula is C18H26FN3O4S. The van der Waals surface area contributed by atoms with Crippen LogP contribution in [-0.4, -0.2) is 50.0 Å². The van der Waals surface area contributed by atoms with Crippen LogP contribution in [0.25, 0.3) is 0 Å². The summed E-state index contributed by atoms with van der Waals surface area (Å²) < 4.78 is 48.1. The SMILES string of the molecule is CC(=O)Nc1ccc(S(=O)(=O)N2CCCCC2C2CC(N)CCO2)c(F)c1. The molecule has 2 aliphatic rings. The number of benzene rings is 1. The zero-order valence-electron chi connectivity index (χ0n) is 15.4. The van der Waals surface area contributed by atoms with E-state index in [9.17, 15) is 17.6 Å². The fourth-order valence-electron chi connectivity index (χ4n) is 3.84. The van der Waals surface area contributed by atoms with Gasteiger partial charge in [-0.1, -0.05) is 6.42 Å². The minimum Gasteiger partial charge on any atom is -0.376 e. The first-order valence-corrected chi connectivity index (χ1v) is 10.7. The predicted octanol–water partition coefficient (Wildman–Crippen LogP) is 1.83. The topological polar surface area (TPSA) is 102 Å². The van der Waals surface area contributed by atoms with Gasteiger partial charge in [0.25, 0.3) is 0 Å². The molecule has 0 aromatic heterocycles. The standard InChI is InChI=1S/C18H26FN3O4S/c1-12(23)21-14-5-6-18(15(19)11-14)27(24,25)22-8-3-2-4-16(22)17-10-13(20)7-9-26-17/h5-6,11,13,16-17H,2-4,7-10,20H2,1H3,(H,21,23). The minimum atomic E-state index is -4.03. The van der Waals surface area contributed by atoms with E-state index < -0.39 is 15.8 Å². The smallest absolute Gasteiger partial charge is 0.246 e. The van der Waals surface area contributed by atoms with Crippen LogP contribution < -0.4 is 11.1 Å². The summed E-state index contributed by atoms with van der Waals surface area (Å²) in [5.41, 5.74) is 6.25. The number of ether oxygens (including phenoxy) is 1. The number of nitrogens with one attached hydrogen (secondary N) is 1. The lowest BCUT2D eigenvalue weighted by Gasteiger charge is -2.41. The van der Waals surface area contributed by atoms with Gasteiger partial charge in [0.05, 0.1) is 12.1 Å². The van der Waals surface area contributed by atoms with Crippen LogP contribution >= 0.6 is 0 Å². The summed E-state index contributed by atoms with van der Waals surface area (Å²) in [7, 11) is -4.03. The average Bonchev–Trinajstić information content (AvgIpc) is 2.61. The van der Waals surface area contributed by atoms with Gasteiger partial charge in [-0.3, -0.25) is 4.79 Å². The molecule has 3 unspecified atom stereocenters. The van der Waals surface area contributed by atoms with E-state index in [2.05, 4.69) is 5.32 Å². The zero-order chi connectivity index (χ0) is 19.6. The van der Waals surface area contributed by atoms with Crippen molar-refractivity contribution in [2.45, 2.75) is 62.1 Å². The van der Waals surface area contributed by atoms with Gasteiger partial charge >= 0.3 is 0 Å². The number of amides is 1. The van der Waals surface area contributed by atoms with Crippen LogP contribution in [-0.2, 0) is 19.6 Å². The maximum atomic E-state index is 14.6. The third-order valence-corrected chi connectivity index (χ3v) is 7.08. The van der Waals surface area contributed by atoms with Crippen molar-refractivity contribution in [1.29, 1.82) is 0 Å². The van der Waals surface area contributed by atoms with Crippen LogP contribution in [0.4, 0.5) is 10.1 Å². The molecule has 2 heterocycles. The normalized spacial score (nSPS) is 27.3. The van der Waals surface area contributed by atoms with Crippen molar-refractivity contribution in [3.8, 4) is 0 Å². The monoisotopic (exact) mass is 399 g/mol. The van der Waals surface area contributed by atoms with E-state index in [1.165, 1.54) is 23.4 Å². The molecule has 0 radical (unpaired) electrons. The van der Waals surface area contributed by atoms with Crippen molar-refractivity contribution >= 4 is 21.6 Å². The van der Waals surface area contributed by atoms with E-state index in [-0.39, 0.29) is 34.7 Å². The van der Waals surface area contributed by atoms with E-state index in [1.807, 2.05) is 0 Å². The second-order valence-electron chi connectivity index (χ2n) is 7.20. The van der Waals surface area contributed by atoms with E-state index in [4.69, 9.17) is 10.5 Å². The van der Waals surface area contributed by atoms with Crippen LogP contribution in [0.5, 0.6) is 0 Å². The fourth-order valence-corrected chi connectivity index (χ4v) is 5.61. The molecule has 150 valence electrons. The quantitative estimate of drug-likeness (QED) is 0.804. The van der Waals surface area contributed by atoms with E-state index in [0.717, 1.165) is 25.3 Å². The first-order chi connectivity index (χ1) is 12.8. The predicted molar refractivity (Wildman–Crippen MR) is 99.2 cm³/mol. The number of hydrogen-bond donors (Lipinski definition) is 2. The number of sulfonamides is 1.